The first kappa shape index (κ1) is 14.9. The molecule has 6 heteroatoms. The van der Waals surface area contributed by atoms with Gasteiger partial charge < -0.3 is 5.73 Å². The minimum Gasteiger partial charge on any atom is -0.381 e. The molecule has 6 nitrogen and oxygen atoms in total. The summed E-state index contributed by atoms with van der Waals surface area (Å²) in [4.78, 5) is 15.7. The molecule has 0 aromatic carbocycles. The lowest BCUT2D eigenvalue weighted by atomic mass is 10.4. The van der Waals surface area contributed by atoms with Crippen LogP contribution in [0, 0.1) is 5.41 Å². The monoisotopic (exact) mass is 234 g/mol. The van der Waals surface area contributed by atoms with Crippen molar-refractivity contribution in [2.24, 2.45) is 5.73 Å². The normalized spacial score (nSPS) is 8.47. The highest BCUT2D eigenvalue weighted by atomic mass is 15.0. The van der Waals surface area contributed by atoms with Gasteiger partial charge in [0.05, 0.1) is 6.20 Å². The van der Waals surface area contributed by atoms with Crippen LogP contribution >= 0.6 is 0 Å². The highest BCUT2D eigenvalue weighted by Gasteiger charge is 2.02. The molecule has 0 aliphatic heterocycles. The second-order valence-corrected chi connectivity index (χ2v) is 2.37. The lowest BCUT2D eigenvalue weighted by molar-refractivity contribution is 1.11. The number of rotatable bonds is 1. The van der Waals surface area contributed by atoms with Gasteiger partial charge in [-0.25, -0.2) is 19.9 Å². The third-order valence-corrected chi connectivity index (χ3v) is 1.47. The Hall–Kier alpha value is -2.11. The topological polar surface area (TPSA) is 101 Å². The fourth-order valence-electron chi connectivity index (χ4n) is 0.900. The zero-order chi connectivity index (χ0) is 13.3. The fraction of sp³-hybridized carbons (Fsp3) is 0.364. The molecule has 0 aliphatic rings. The molecule has 2 rings (SSSR count). The van der Waals surface area contributed by atoms with E-state index in [2.05, 4.69) is 19.9 Å². The van der Waals surface area contributed by atoms with E-state index in [0.29, 0.717) is 11.2 Å². The standard InChI is InChI=1S/C7H6N6.2C2H6/c8-5(9)7-12-3-4-6(13-7)11-2-1-10-4;2*1-2/h1-3H,(H3,8,9);2*1-2H3. The Labute approximate surface area is 101 Å². The largest absolute Gasteiger partial charge is 0.381 e. The summed E-state index contributed by atoms with van der Waals surface area (Å²) in [6.07, 6.45) is 4.57. The average molecular weight is 234 g/mol. The minimum atomic E-state index is -0.174. The molecule has 0 saturated carbocycles. The number of fused-ring (bicyclic) bond motifs is 1. The molecule has 0 aliphatic carbocycles. The molecule has 0 bridgehead atoms. The lowest BCUT2D eigenvalue weighted by Crippen LogP contribution is -2.15. The van der Waals surface area contributed by atoms with Crippen LogP contribution in [-0.2, 0) is 0 Å². The zero-order valence-electron chi connectivity index (χ0n) is 10.6. The molecule has 0 fully saturated rings. The smallest absolute Gasteiger partial charge is 0.196 e. The summed E-state index contributed by atoms with van der Waals surface area (Å²) in [5.41, 5.74) is 6.25. The van der Waals surface area contributed by atoms with Crippen molar-refractivity contribution in [1.82, 2.24) is 19.9 Å². The Kier molecular flexibility index (Phi) is 7.09. The Morgan fingerprint density at radius 3 is 2.24 bits per heavy atom. The molecule has 0 saturated heterocycles. The maximum Gasteiger partial charge on any atom is 0.196 e. The van der Waals surface area contributed by atoms with Crippen molar-refractivity contribution in [2.45, 2.75) is 27.7 Å². The van der Waals surface area contributed by atoms with Crippen LogP contribution < -0.4 is 5.73 Å². The van der Waals surface area contributed by atoms with Crippen molar-refractivity contribution in [1.29, 1.82) is 5.41 Å². The molecule has 2 heterocycles. The van der Waals surface area contributed by atoms with E-state index >= 15 is 0 Å². The summed E-state index contributed by atoms with van der Waals surface area (Å²) >= 11 is 0. The first-order chi connectivity index (χ1) is 8.27. The predicted octanol–water partition coefficient (Wildman–Crippen LogP) is 1.76. The van der Waals surface area contributed by atoms with Crippen LogP contribution in [0.1, 0.15) is 33.5 Å². The second kappa shape index (κ2) is 8.09. The Bertz CT molecular complexity index is 468. The minimum absolute atomic E-state index is 0.174. The fourth-order valence-corrected chi connectivity index (χ4v) is 0.900. The highest BCUT2D eigenvalue weighted by molar-refractivity contribution is 5.92. The van der Waals surface area contributed by atoms with Crippen molar-refractivity contribution in [3.05, 3.63) is 24.4 Å². The summed E-state index contributed by atoms with van der Waals surface area (Å²) in [6, 6.07) is 0. The van der Waals surface area contributed by atoms with Crippen LogP contribution in [0.25, 0.3) is 11.2 Å². The first-order valence-corrected chi connectivity index (χ1v) is 5.55. The Balaban J connectivity index is 0.000000581. The van der Waals surface area contributed by atoms with E-state index in [9.17, 15) is 0 Å². The average Bonchev–Trinajstić information content (AvgIpc) is 2.42. The van der Waals surface area contributed by atoms with Gasteiger partial charge >= 0.3 is 0 Å². The van der Waals surface area contributed by atoms with Gasteiger partial charge in [-0.15, -0.1) is 0 Å². The van der Waals surface area contributed by atoms with Gasteiger partial charge in [-0.1, -0.05) is 27.7 Å². The van der Waals surface area contributed by atoms with Gasteiger partial charge in [0, 0.05) is 12.4 Å². The number of hydrogen-bond acceptors (Lipinski definition) is 5. The third-order valence-electron chi connectivity index (χ3n) is 1.47. The Morgan fingerprint density at radius 2 is 1.65 bits per heavy atom. The zero-order valence-corrected chi connectivity index (χ0v) is 10.6. The molecule has 2 aromatic rings. The molecule has 3 N–H and O–H groups in total. The summed E-state index contributed by atoms with van der Waals surface area (Å²) < 4.78 is 0. The summed E-state index contributed by atoms with van der Waals surface area (Å²) in [5.74, 6) is 0.000512. The molecule has 2 aromatic heterocycles. The maximum atomic E-state index is 7.12. The molecule has 92 valence electrons. The van der Waals surface area contributed by atoms with Crippen LogP contribution in [0.3, 0.4) is 0 Å². The van der Waals surface area contributed by atoms with E-state index in [0.717, 1.165) is 0 Å². The SMILES string of the molecule is CC.CC.N=C(N)c1ncc2nccnc2n1. The van der Waals surface area contributed by atoms with Crippen molar-refractivity contribution in [2.75, 3.05) is 0 Å². The highest BCUT2D eigenvalue weighted by Crippen LogP contribution is 2.01. The van der Waals surface area contributed by atoms with Gasteiger partial charge in [0.15, 0.2) is 17.3 Å². The number of nitrogens with two attached hydrogens (primary N) is 1. The van der Waals surface area contributed by atoms with Gasteiger partial charge in [0.1, 0.15) is 5.52 Å². The van der Waals surface area contributed by atoms with Crippen LogP contribution in [-0.4, -0.2) is 25.8 Å². The van der Waals surface area contributed by atoms with Gasteiger partial charge in [0.2, 0.25) is 0 Å². The molecule has 0 atom stereocenters. The summed E-state index contributed by atoms with van der Waals surface area (Å²) in [7, 11) is 0. The number of nitrogens with zero attached hydrogens (tertiary/aromatic N) is 4. The number of nitrogens with one attached hydrogen (secondary N) is 1. The lowest BCUT2D eigenvalue weighted by Gasteiger charge is -1.97. The molecule has 0 amide bonds. The van der Waals surface area contributed by atoms with Crippen LogP contribution in [0.15, 0.2) is 18.6 Å². The number of aromatic nitrogens is 4. The van der Waals surface area contributed by atoms with Crippen molar-refractivity contribution in [3.8, 4) is 0 Å². The van der Waals surface area contributed by atoms with E-state index in [1.807, 2.05) is 27.7 Å². The molecular weight excluding hydrogens is 216 g/mol. The van der Waals surface area contributed by atoms with E-state index in [4.69, 9.17) is 11.1 Å². The van der Waals surface area contributed by atoms with Crippen molar-refractivity contribution >= 4 is 17.0 Å². The van der Waals surface area contributed by atoms with E-state index in [-0.39, 0.29) is 11.7 Å². The van der Waals surface area contributed by atoms with E-state index in [1.165, 1.54) is 12.4 Å². The molecule has 0 radical (unpaired) electrons. The maximum absolute atomic E-state index is 7.12. The van der Waals surface area contributed by atoms with Crippen LogP contribution in [0.4, 0.5) is 0 Å². The molecule has 0 unspecified atom stereocenters. The number of amidine groups is 1. The third kappa shape index (κ3) is 4.10. The van der Waals surface area contributed by atoms with Crippen molar-refractivity contribution < 1.29 is 0 Å². The van der Waals surface area contributed by atoms with E-state index in [1.54, 1.807) is 6.20 Å². The first-order valence-electron chi connectivity index (χ1n) is 5.55. The van der Waals surface area contributed by atoms with Gasteiger partial charge in [0.25, 0.3) is 0 Å². The summed E-state index contributed by atoms with van der Waals surface area (Å²) in [6.45, 7) is 8.00. The second-order valence-electron chi connectivity index (χ2n) is 2.37. The number of hydrogen-bond donors (Lipinski definition) is 2. The molecular formula is C11H18N6. The summed E-state index contributed by atoms with van der Waals surface area (Å²) in [5, 5.41) is 7.12. The predicted molar refractivity (Wildman–Crippen MR) is 68.8 cm³/mol. The number of nitrogen functional groups attached to an aromatic ring is 1. The van der Waals surface area contributed by atoms with Gasteiger partial charge in [-0.05, 0) is 0 Å². The van der Waals surface area contributed by atoms with Gasteiger partial charge in [-0.3, -0.25) is 5.41 Å². The van der Waals surface area contributed by atoms with Gasteiger partial charge in [-0.2, -0.15) is 0 Å². The quantitative estimate of drug-likeness (QED) is 0.578. The van der Waals surface area contributed by atoms with Crippen LogP contribution in [0.2, 0.25) is 0 Å². The molecule has 0 spiro atoms. The van der Waals surface area contributed by atoms with Crippen LogP contribution in [0.5, 0.6) is 0 Å². The van der Waals surface area contributed by atoms with E-state index < -0.39 is 0 Å². The molecule has 17 heavy (non-hydrogen) atoms. The Morgan fingerprint density at radius 1 is 1.06 bits per heavy atom. The van der Waals surface area contributed by atoms with Crippen molar-refractivity contribution in [3.63, 3.8) is 0 Å².